The maximum atomic E-state index is 14.2. The first-order valence-corrected chi connectivity index (χ1v) is 23.9. The van der Waals surface area contributed by atoms with Crippen LogP contribution < -0.4 is 30.9 Å². The molecule has 8 rings (SSSR count). The molecule has 62 heavy (non-hydrogen) atoms. The molecule has 10 nitrogen and oxygen atoms in total. The summed E-state index contributed by atoms with van der Waals surface area (Å²) in [4.78, 5) is 35.9. The minimum Gasteiger partial charge on any atom is -0.497 e. The molecule has 3 heterocycles. The van der Waals surface area contributed by atoms with Gasteiger partial charge in [0.05, 0.1) is 25.4 Å². The highest BCUT2D eigenvalue weighted by atomic mass is 32.1. The van der Waals surface area contributed by atoms with Crippen molar-refractivity contribution in [3.63, 3.8) is 0 Å². The van der Waals surface area contributed by atoms with Crippen LogP contribution in [0.1, 0.15) is 70.4 Å². The van der Waals surface area contributed by atoms with E-state index in [1.54, 1.807) is 14.0 Å². The average Bonchev–Trinajstić information content (AvgIpc) is 3.88. The lowest BCUT2D eigenvalue weighted by molar-refractivity contribution is -0.0690. The number of ether oxygens (including phenoxy) is 2. The fourth-order valence-electron chi connectivity index (χ4n) is 9.31. The van der Waals surface area contributed by atoms with Gasteiger partial charge in [-0.2, -0.15) is 4.98 Å². The number of aromatic amines is 1. The molecule has 12 heteroatoms. The molecule has 0 bridgehead atoms. The van der Waals surface area contributed by atoms with Gasteiger partial charge in [0, 0.05) is 5.92 Å². The zero-order valence-corrected chi connectivity index (χ0v) is 37.8. The molecule has 0 spiro atoms. The van der Waals surface area contributed by atoms with E-state index in [1.165, 1.54) is 4.57 Å². The molecule has 320 valence electrons. The number of hydrogen-bond donors (Lipinski definition) is 3. The fraction of sp³-hybridized carbons (Fsp3) is 0.300. The predicted molar refractivity (Wildman–Crippen MR) is 250 cm³/mol. The molecule has 1 saturated heterocycles. The second kappa shape index (κ2) is 17.6. The Morgan fingerprint density at radius 1 is 0.839 bits per heavy atom. The zero-order valence-electron chi connectivity index (χ0n) is 35.9. The smallest absolute Gasteiger partial charge is 0.311 e. The normalized spacial score (nSPS) is 18.1. The lowest BCUT2D eigenvalue weighted by Gasteiger charge is -2.46. The van der Waals surface area contributed by atoms with Crippen LogP contribution >= 0.6 is 11.3 Å². The summed E-state index contributed by atoms with van der Waals surface area (Å²) in [6.07, 6.45) is -1.58. The monoisotopic (exact) mass is 866 g/mol. The van der Waals surface area contributed by atoms with Crippen molar-refractivity contribution in [3.8, 4) is 5.75 Å². The van der Waals surface area contributed by atoms with Crippen LogP contribution in [-0.4, -0.2) is 53.4 Å². The van der Waals surface area contributed by atoms with Gasteiger partial charge in [-0.1, -0.05) is 172 Å². The van der Waals surface area contributed by atoms with E-state index in [0.717, 1.165) is 38.4 Å². The van der Waals surface area contributed by atoms with E-state index < -0.39 is 48.6 Å². The molecule has 0 aliphatic carbocycles. The van der Waals surface area contributed by atoms with Gasteiger partial charge < -0.3 is 24.3 Å². The number of aromatic nitrogens is 3. The number of fused-ring (bicyclic) bond motifs is 1. The molecule has 0 saturated carbocycles. The fourth-order valence-corrected chi connectivity index (χ4v) is 14.9. The lowest BCUT2D eigenvalue weighted by Crippen LogP contribution is -2.68. The number of methoxy groups -OCH3 is 1. The van der Waals surface area contributed by atoms with Crippen LogP contribution in [0.25, 0.3) is 10.3 Å². The van der Waals surface area contributed by atoms with Crippen LogP contribution in [0, 0.1) is 5.92 Å². The summed E-state index contributed by atoms with van der Waals surface area (Å²) in [5.74, 6) is 0.350. The highest BCUT2D eigenvalue weighted by Gasteiger charge is 2.54. The topological polar surface area (TPSA) is 128 Å². The first kappa shape index (κ1) is 43.0. The Morgan fingerprint density at radius 3 is 1.84 bits per heavy atom. The molecular formula is C50H54N4O6SSi. The van der Waals surface area contributed by atoms with Crippen molar-refractivity contribution in [1.82, 2.24) is 14.5 Å². The second-order valence-corrected chi connectivity index (χ2v) is 22.3. The van der Waals surface area contributed by atoms with Crippen LogP contribution in [-0.2, 0) is 14.7 Å². The van der Waals surface area contributed by atoms with Crippen molar-refractivity contribution >= 4 is 46.3 Å². The molecule has 0 unspecified atom stereocenters. The van der Waals surface area contributed by atoms with Gasteiger partial charge >= 0.3 is 4.87 Å². The second-order valence-electron chi connectivity index (χ2n) is 17.1. The predicted octanol–water partition coefficient (Wildman–Crippen LogP) is 8.20. The Kier molecular flexibility index (Phi) is 12.2. The van der Waals surface area contributed by atoms with Crippen molar-refractivity contribution in [3.05, 3.63) is 182 Å². The van der Waals surface area contributed by atoms with Gasteiger partial charge in [0.15, 0.2) is 5.65 Å². The quantitative estimate of drug-likeness (QED) is 0.0738. The number of aliphatic hydroxyl groups is 1. The van der Waals surface area contributed by atoms with Crippen LogP contribution in [0.2, 0.25) is 5.04 Å². The molecule has 1 aliphatic heterocycles. The molecular weight excluding hydrogens is 813 g/mol. The molecule has 2 aromatic heterocycles. The summed E-state index contributed by atoms with van der Waals surface area (Å²) in [6.45, 7) is 10.5. The molecule has 5 atom stereocenters. The van der Waals surface area contributed by atoms with Gasteiger partial charge in [0.1, 0.15) is 22.2 Å². The number of H-pyrrole nitrogens is 1. The van der Waals surface area contributed by atoms with Crippen molar-refractivity contribution in [1.29, 1.82) is 0 Å². The maximum absolute atomic E-state index is 14.2. The number of thiazole rings is 1. The molecule has 0 amide bonds. The summed E-state index contributed by atoms with van der Waals surface area (Å²) in [6, 6.07) is 48.7. The van der Waals surface area contributed by atoms with Gasteiger partial charge in [-0.3, -0.25) is 19.1 Å². The molecule has 0 radical (unpaired) electrons. The first-order valence-electron chi connectivity index (χ1n) is 21.2. The number of hydrogen-bond acceptors (Lipinski definition) is 9. The van der Waals surface area contributed by atoms with Crippen LogP contribution in [0.3, 0.4) is 0 Å². The van der Waals surface area contributed by atoms with Crippen LogP contribution in [0.15, 0.2) is 155 Å². The highest BCUT2D eigenvalue weighted by molar-refractivity contribution is 7.16. The number of aliphatic hydroxyl groups excluding tert-OH is 1. The van der Waals surface area contributed by atoms with E-state index >= 15 is 0 Å². The van der Waals surface area contributed by atoms with E-state index in [1.807, 2.05) is 97.1 Å². The standard InChI is InChI=1S/C50H54N4O6SSi/c1-7-41(60-62(49(3,4)5,38-24-16-10-17-25-38)39-26-18-11-19-27-39)42-32-40(33(2)55)46(59-42)54-44-43(61-48(54)57)45(56)52-47(51-44)53-50(34-20-12-8-13-21-34,35-22-14-9-15-23-35)36-28-30-37(58-6)31-29-36/h8-31,33,40-42,46,55H,7,32H2,1-6H3,(H2,51,52,53,56)/t33-,40-,41-,42-,46+/m0/s1. The third-order valence-electron chi connectivity index (χ3n) is 12.3. The lowest BCUT2D eigenvalue weighted by atomic mass is 9.77. The minimum absolute atomic E-state index is 0.155. The van der Waals surface area contributed by atoms with E-state index in [-0.39, 0.29) is 27.4 Å². The number of nitrogens with zero attached hydrogens (tertiary/aromatic N) is 2. The largest absolute Gasteiger partial charge is 0.497 e. The van der Waals surface area contributed by atoms with Gasteiger partial charge in [-0.05, 0) is 64.0 Å². The Hall–Kier alpha value is -5.63. The molecule has 3 N–H and O–H groups in total. The Bertz CT molecular complexity index is 2620. The Balaban J connectivity index is 1.23. The summed E-state index contributed by atoms with van der Waals surface area (Å²) in [7, 11) is -1.37. The first-order chi connectivity index (χ1) is 29.9. The third-order valence-corrected chi connectivity index (χ3v) is 18.3. The van der Waals surface area contributed by atoms with E-state index in [4.69, 9.17) is 18.9 Å². The number of nitrogens with one attached hydrogen (secondary N) is 2. The van der Waals surface area contributed by atoms with Gasteiger partial charge in [0.25, 0.3) is 13.9 Å². The third kappa shape index (κ3) is 7.75. The van der Waals surface area contributed by atoms with E-state index in [2.05, 4.69) is 86.5 Å². The Morgan fingerprint density at radius 2 is 1.35 bits per heavy atom. The molecule has 7 aromatic rings. The zero-order chi connectivity index (χ0) is 43.6. The van der Waals surface area contributed by atoms with Crippen LogP contribution in [0.4, 0.5) is 5.95 Å². The molecule has 5 aromatic carbocycles. The van der Waals surface area contributed by atoms with Crippen molar-refractivity contribution in [2.75, 3.05) is 12.4 Å². The van der Waals surface area contributed by atoms with Gasteiger partial charge in [-0.25, -0.2) is 0 Å². The average molecular weight is 867 g/mol. The number of benzene rings is 5. The van der Waals surface area contributed by atoms with Crippen molar-refractivity contribution < 1.29 is 19.0 Å². The highest BCUT2D eigenvalue weighted by Crippen LogP contribution is 2.44. The molecule has 1 aliphatic rings. The van der Waals surface area contributed by atoms with Crippen LogP contribution in [0.5, 0.6) is 5.75 Å². The maximum Gasteiger partial charge on any atom is 0.311 e. The number of rotatable bonds is 14. The van der Waals surface area contributed by atoms with Crippen molar-refractivity contribution in [2.24, 2.45) is 5.92 Å². The molecule has 1 fully saturated rings. The summed E-state index contributed by atoms with van der Waals surface area (Å²) in [5, 5.41) is 17.1. The summed E-state index contributed by atoms with van der Waals surface area (Å²) < 4.78 is 21.8. The van der Waals surface area contributed by atoms with E-state index in [0.29, 0.717) is 18.6 Å². The minimum atomic E-state index is -3.00. The van der Waals surface area contributed by atoms with Crippen molar-refractivity contribution in [2.45, 2.75) is 82.6 Å². The summed E-state index contributed by atoms with van der Waals surface area (Å²) >= 11 is 0.823. The number of anilines is 1. The van der Waals surface area contributed by atoms with Gasteiger partial charge in [0.2, 0.25) is 5.95 Å². The SMILES string of the molecule is CC[C@H](O[Si](c1ccccc1)(c1ccccc1)C(C)(C)C)[C@@H]1C[C@@H]([C@H](C)O)[C@H](n2c(=O)sc3c(=O)[nH]c(NC(c4ccccc4)(c4ccccc4)c4ccc(OC)cc4)nc32)O1. The van der Waals surface area contributed by atoms with E-state index in [9.17, 15) is 14.7 Å². The Labute approximate surface area is 367 Å². The van der Waals surface area contributed by atoms with Gasteiger partial charge in [-0.15, -0.1) is 0 Å². The summed E-state index contributed by atoms with van der Waals surface area (Å²) in [5.41, 5.74) is 1.31.